The van der Waals surface area contributed by atoms with Crippen molar-refractivity contribution in [2.24, 2.45) is 0 Å². The summed E-state index contributed by atoms with van der Waals surface area (Å²) in [6.07, 6.45) is 1.44. The second-order valence-corrected chi connectivity index (χ2v) is 6.58. The zero-order valence-electron chi connectivity index (χ0n) is 10.1. The number of sulfonamides is 1. The second-order valence-electron chi connectivity index (χ2n) is 4.01. The standard InChI is InChI=1S/C12H12BrN3O2S/c1-8-5-9(13)7-10(6-8)16-19(17,18)11-3-2-4-15-12(11)14/h2-7,16H,1H3,(H2,14,15). The van der Waals surface area contributed by atoms with Gasteiger partial charge in [0.2, 0.25) is 0 Å². The van der Waals surface area contributed by atoms with Crippen LogP contribution in [0.15, 0.2) is 45.9 Å². The zero-order valence-corrected chi connectivity index (χ0v) is 12.5. The van der Waals surface area contributed by atoms with Gasteiger partial charge in [-0.25, -0.2) is 13.4 Å². The number of nitrogens with two attached hydrogens (primary N) is 1. The van der Waals surface area contributed by atoms with E-state index in [1.165, 1.54) is 18.3 Å². The Morgan fingerprint density at radius 2 is 2.05 bits per heavy atom. The molecule has 1 heterocycles. The van der Waals surface area contributed by atoms with Crippen LogP contribution in [0.1, 0.15) is 5.56 Å². The van der Waals surface area contributed by atoms with E-state index in [9.17, 15) is 8.42 Å². The van der Waals surface area contributed by atoms with E-state index >= 15 is 0 Å². The van der Waals surface area contributed by atoms with Gasteiger partial charge in [0.1, 0.15) is 10.7 Å². The molecule has 5 nitrogen and oxygen atoms in total. The Kier molecular flexibility index (Phi) is 3.77. The molecule has 0 aliphatic rings. The van der Waals surface area contributed by atoms with E-state index < -0.39 is 10.0 Å². The Hall–Kier alpha value is -1.60. The van der Waals surface area contributed by atoms with Gasteiger partial charge in [0.25, 0.3) is 10.0 Å². The second kappa shape index (κ2) is 5.18. The molecule has 0 unspecified atom stereocenters. The average molecular weight is 342 g/mol. The van der Waals surface area contributed by atoms with Crippen LogP contribution < -0.4 is 10.5 Å². The molecular formula is C12H12BrN3O2S. The summed E-state index contributed by atoms with van der Waals surface area (Å²) >= 11 is 3.32. The van der Waals surface area contributed by atoms with Crippen molar-refractivity contribution in [1.29, 1.82) is 0 Å². The summed E-state index contributed by atoms with van der Waals surface area (Å²) in [4.78, 5) is 3.74. The summed E-state index contributed by atoms with van der Waals surface area (Å²) in [5, 5.41) is 0. The lowest BCUT2D eigenvalue weighted by Crippen LogP contribution is -2.15. The van der Waals surface area contributed by atoms with E-state index in [0.29, 0.717) is 5.69 Å². The van der Waals surface area contributed by atoms with Crippen LogP contribution in [0.3, 0.4) is 0 Å². The molecule has 1 aromatic carbocycles. The average Bonchev–Trinajstić information content (AvgIpc) is 2.26. The third kappa shape index (κ3) is 3.24. The molecule has 0 bridgehead atoms. The van der Waals surface area contributed by atoms with Gasteiger partial charge in [0, 0.05) is 10.7 Å². The molecule has 0 aliphatic heterocycles. The summed E-state index contributed by atoms with van der Waals surface area (Å²) in [6, 6.07) is 8.23. The van der Waals surface area contributed by atoms with Crippen LogP contribution in [0.5, 0.6) is 0 Å². The predicted octanol–water partition coefficient (Wildman–Crippen LogP) is 2.54. The fourth-order valence-corrected chi connectivity index (χ4v) is 3.37. The van der Waals surface area contributed by atoms with Gasteiger partial charge in [-0.15, -0.1) is 0 Å². The maximum Gasteiger partial charge on any atom is 0.265 e. The SMILES string of the molecule is Cc1cc(Br)cc(NS(=O)(=O)c2cccnc2N)c1. The lowest BCUT2D eigenvalue weighted by atomic mass is 10.2. The zero-order chi connectivity index (χ0) is 14.0. The molecule has 7 heteroatoms. The molecule has 0 spiro atoms. The van der Waals surface area contributed by atoms with E-state index in [1.807, 2.05) is 13.0 Å². The van der Waals surface area contributed by atoms with Gasteiger partial charge in [-0.3, -0.25) is 4.72 Å². The minimum Gasteiger partial charge on any atom is -0.383 e. The Morgan fingerprint density at radius 1 is 1.32 bits per heavy atom. The Bertz CT molecular complexity index is 696. The summed E-state index contributed by atoms with van der Waals surface area (Å²) in [7, 11) is -3.74. The molecule has 0 saturated heterocycles. The molecule has 2 aromatic rings. The van der Waals surface area contributed by atoms with E-state index in [0.717, 1.165) is 10.0 Å². The molecule has 1 aromatic heterocycles. The number of benzene rings is 1. The van der Waals surface area contributed by atoms with Gasteiger partial charge in [0.05, 0.1) is 5.69 Å². The molecule has 100 valence electrons. The van der Waals surface area contributed by atoms with Crippen molar-refractivity contribution in [2.75, 3.05) is 10.5 Å². The van der Waals surface area contributed by atoms with Gasteiger partial charge in [0.15, 0.2) is 0 Å². The highest BCUT2D eigenvalue weighted by atomic mass is 79.9. The van der Waals surface area contributed by atoms with Gasteiger partial charge in [-0.2, -0.15) is 0 Å². The third-order valence-electron chi connectivity index (χ3n) is 2.38. The smallest absolute Gasteiger partial charge is 0.265 e. The quantitative estimate of drug-likeness (QED) is 0.898. The molecule has 0 aliphatic carbocycles. The minimum atomic E-state index is -3.74. The molecule has 19 heavy (non-hydrogen) atoms. The highest BCUT2D eigenvalue weighted by molar-refractivity contribution is 9.10. The number of nitrogen functional groups attached to an aromatic ring is 1. The molecule has 0 amide bonds. The number of hydrogen-bond donors (Lipinski definition) is 2. The maximum absolute atomic E-state index is 12.2. The first-order valence-corrected chi connectivity index (χ1v) is 7.66. The summed E-state index contributed by atoms with van der Waals surface area (Å²) in [5.41, 5.74) is 6.98. The van der Waals surface area contributed by atoms with Crippen LogP contribution in [-0.4, -0.2) is 13.4 Å². The van der Waals surface area contributed by atoms with Crippen molar-refractivity contribution in [3.63, 3.8) is 0 Å². The lowest BCUT2D eigenvalue weighted by Gasteiger charge is -2.10. The van der Waals surface area contributed by atoms with Gasteiger partial charge >= 0.3 is 0 Å². The Balaban J connectivity index is 2.39. The third-order valence-corrected chi connectivity index (χ3v) is 4.27. The molecule has 3 N–H and O–H groups in total. The molecule has 0 radical (unpaired) electrons. The number of anilines is 2. The van der Waals surface area contributed by atoms with Crippen LogP contribution in [0.4, 0.5) is 11.5 Å². The number of aromatic nitrogens is 1. The number of hydrogen-bond acceptors (Lipinski definition) is 4. The van der Waals surface area contributed by atoms with Crippen molar-refractivity contribution >= 4 is 37.5 Å². The number of halogens is 1. The minimum absolute atomic E-state index is 0.0262. The molecule has 0 fully saturated rings. The maximum atomic E-state index is 12.2. The van der Waals surface area contributed by atoms with Crippen LogP contribution in [0, 0.1) is 6.92 Å². The van der Waals surface area contributed by atoms with Gasteiger partial charge < -0.3 is 5.73 Å². The van der Waals surface area contributed by atoms with Crippen molar-refractivity contribution in [2.45, 2.75) is 11.8 Å². The normalized spacial score (nSPS) is 11.3. The van der Waals surface area contributed by atoms with E-state index in [-0.39, 0.29) is 10.7 Å². The number of nitrogens with one attached hydrogen (secondary N) is 1. The van der Waals surface area contributed by atoms with Crippen molar-refractivity contribution in [3.8, 4) is 0 Å². The van der Waals surface area contributed by atoms with E-state index in [1.54, 1.807) is 12.1 Å². The van der Waals surface area contributed by atoms with Crippen LogP contribution in [0.25, 0.3) is 0 Å². The van der Waals surface area contributed by atoms with Crippen molar-refractivity contribution in [1.82, 2.24) is 4.98 Å². The summed E-state index contributed by atoms with van der Waals surface area (Å²) in [5.74, 6) is -0.0262. The van der Waals surface area contributed by atoms with E-state index in [4.69, 9.17) is 5.73 Å². The first-order valence-electron chi connectivity index (χ1n) is 5.39. The number of aryl methyl sites for hydroxylation is 1. The Morgan fingerprint density at radius 3 is 2.68 bits per heavy atom. The van der Waals surface area contributed by atoms with Crippen molar-refractivity contribution < 1.29 is 8.42 Å². The topological polar surface area (TPSA) is 85.1 Å². The van der Waals surface area contributed by atoms with Crippen LogP contribution in [-0.2, 0) is 10.0 Å². The Labute approximate surface area is 120 Å². The fraction of sp³-hybridized carbons (Fsp3) is 0.0833. The molecule has 0 atom stereocenters. The van der Waals surface area contributed by atoms with Gasteiger partial charge in [-0.1, -0.05) is 15.9 Å². The fourth-order valence-electron chi connectivity index (χ4n) is 1.64. The number of pyridine rings is 1. The first-order chi connectivity index (χ1) is 8.88. The molecule has 0 saturated carbocycles. The summed E-state index contributed by atoms with van der Waals surface area (Å²) in [6.45, 7) is 1.88. The number of rotatable bonds is 3. The van der Waals surface area contributed by atoms with E-state index in [2.05, 4.69) is 25.6 Å². The number of nitrogens with zero attached hydrogens (tertiary/aromatic N) is 1. The van der Waals surface area contributed by atoms with Crippen LogP contribution >= 0.6 is 15.9 Å². The van der Waals surface area contributed by atoms with Crippen molar-refractivity contribution in [3.05, 3.63) is 46.6 Å². The highest BCUT2D eigenvalue weighted by Gasteiger charge is 2.18. The van der Waals surface area contributed by atoms with Gasteiger partial charge in [-0.05, 0) is 42.8 Å². The monoisotopic (exact) mass is 341 g/mol. The summed E-state index contributed by atoms with van der Waals surface area (Å²) < 4.78 is 27.7. The van der Waals surface area contributed by atoms with Crippen LogP contribution in [0.2, 0.25) is 0 Å². The molecular weight excluding hydrogens is 330 g/mol. The highest BCUT2D eigenvalue weighted by Crippen LogP contribution is 2.23. The lowest BCUT2D eigenvalue weighted by molar-refractivity contribution is 0.601. The molecule has 2 rings (SSSR count). The largest absolute Gasteiger partial charge is 0.383 e. The first kappa shape index (κ1) is 13.8. The predicted molar refractivity (Wildman–Crippen MR) is 78.3 cm³/mol.